The van der Waals surface area contributed by atoms with E-state index in [2.05, 4.69) is 9.97 Å². The zero-order valence-corrected chi connectivity index (χ0v) is 10.2. The lowest BCUT2D eigenvalue weighted by molar-refractivity contribution is -0.141. The molecule has 0 atom stereocenters. The molecule has 0 aliphatic carbocycles. The highest BCUT2D eigenvalue weighted by atomic mass is 19.4. The van der Waals surface area contributed by atoms with E-state index in [9.17, 15) is 22.0 Å². The fourth-order valence-electron chi connectivity index (χ4n) is 1.62. The summed E-state index contributed by atoms with van der Waals surface area (Å²) in [6.45, 7) is 0.716. The molecule has 0 aliphatic heterocycles. The summed E-state index contributed by atoms with van der Waals surface area (Å²) >= 11 is 0. The van der Waals surface area contributed by atoms with Gasteiger partial charge in [-0.25, -0.2) is 18.7 Å². The molecule has 2 rings (SSSR count). The number of aromatic nitrogens is 2. The molecule has 0 spiro atoms. The Morgan fingerprint density at radius 1 is 0.950 bits per heavy atom. The second kappa shape index (κ2) is 4.81. The van der Waals surface area contributed by atoms with Crippen LogP contribution in [0.15, 0.2) is 36.7 Å². The van der Waals surface area contributed by atoms with Gasteiger partial charge in [0.05, 0.1) is 5.69 Å². The van der Waals surface area contributed by atoms with E-state index in [0.717, 1.165) is 18.5 Å². The van der Waals surface area contributed by atoms with Crippen molar-refractivity contribution < 1.29 is 22.0 Å². The third-order valence-electron chi connectivity index (χ3n) is 2.62. The minimum Gasteiger partial charge on any atom is -0.236 e. The Labute approximate surface area is 111 Å². The minimum absolute atomic E-state index is 0.0570. The Hall–Kier alpha value is -2.05. The monoisotopic (exact) mass is 288 g/mol. The fourth-order valence-corrected chi connectivity index (χ4v) is 1.62. The molecule has 0 aliphatic rings. The van der Waals surface area contributed by atoms with Gasteiger partial charge in [0.1, 0.15) is 12.0 Å². The third-order valence-corrected chi connectivity index (χ3v) is 2.62. The zero-order chi connectivity index (χ0) is 15.0. The lowest BCUT2D eigenvalue weighted by Crippen LogP contribution is -2.09. The van der Waals surface area contributed by atoms with Crippen LogP contribution >= 0.6 is 0 Å². The van der Waals surface area contributed by atoms with Gasteiger partial charge in [-0.2, -0.15) is 13.2 Å². The van der Waals surface area contributed by atoms with Gasteiger partial charge in [0.15, 0.2) is 0 Å². The summed E-state index contributed by atoms with van der Waals surface area (Å²) in [6.07, 6.45) is -3.85. The van der Waals surface area contributed by atoms with Crippen molar-refractivity contribution in [2.24, 2.45) is 0 Å². The smallest absolute Gasteiger partial charge is 0.236 e. The molecule has 1 aromatic heterocycles. The first-order valence-corrected chi connectivity index (χ1v) is 5.56. The lowest BCUT2D eigenvalue weighted by Gasteiger charge is -2.12. The Morgan fingerprint density at radius 3 is 2.25 bits per heavy atom. The summed E-state index contributed by atoms with van der Waals surface area (Å²) in [5.74, 6) is -3.07. The molecular weight excluding hydrogens is 279 g/mol. The first-order valence-electron chi connectivity index (χ1n) is 5.56. The molecule has 0 saturated heterocycles. The SMILES string of the molecule is CC(F)(F)c1cccc(-c2cc(C(F)(F)F)ncn2)c1. The van der Waals surface area contributed by atoms with E-state index in [1.165, 1.54) is 18.2 Å². The number of hydrogen-bond acceptors (Lipinski definition) is 2. The Kier molecular flexibility index (Phi) is 3.45. The quantitative estimate of drug-likeness (QED) is 0.771. The lowest BCUT2D eigenvalue weighted by atomic mass is 10.0. The number of benzene rings is 1. The van der Waals surface area contributed by atoms with Gasteiger partial charge in [0.25, 0.3) is 5.92 Å². The van der Waals surface area contributed by atoms with Crippen LogP contribution < -0.4 is 0 Å². The Morgan fingerprint density at radius 2 is 1.65 bits per heavy atom. The summed E-state index contributed by atoms with van der Waals surface area (Å²) in [5.41, 5.74) is -1.28. The van der Waals surface area contributed by atoms with Crippen LogP contribution in [0, 0.1) is 0 Å². The van der Waals surface area contributed by atoms with Gasteiger partial charge >= 0.3 is 6.18 Å². The number of nitrogens with zero attached hydrogens (tertiary/aromatic N) is 2. The van der Waals surface area contributed by atoms with E-state index in [4.69, 9.17) is 0 Å². The third kappa shape index (κ3) is 3.09. The van der Waals surface area contributed by atoms with E-state index >= 15 is 0 Å². The van der Waals surface area contributed by atoms with Crippen molar-refractivity contribution in [3.05, 3.63) is 47.9 Å². The first-order chi connectivity index (χ1) is 9.18. The maximum atomic E-state index is 13.2. The Bertz CT molecular complexity index is 561. The van der Waals surface area contributed by atoms with Gasteiger partial charge in [-0.05, 0) is 12.1 Å². The van der Waals surface area contributed by atoms with Crippen molar-refractivity contribution in [1.29, 1.82) is 0 Å². The van der Waals surface area contributed by atoms with Crippen LogP contribution in [0.25, 0.3) is 11.3 Å². The molecule has 2 aromatic rings. The van der Waals surface area contributed by atoms with E-state index in [-0.39, 0.29) is 16.8 Å². The van der Waals surface area contributed by atoms with Crippen molar-refractivity contribution in [2.75, 3.05) is 0 Å². The zero-order valence-electron chi connectivity index (χ0n) is 10.2. The Balaban J connectivity index is 2.47. The highest BCUT2D eigenvalue weighted by Crippen LogP contribution is 2.32. The van der Waals surface area contributed by atoms with Gasteiger partial charge in [-0.1, -0.05) is 18.2 Å². The minimum atomic E-state index is -4.61. The molecule has 1 heterocycles. The highest BCUT2D eigenvalue weighted by Gasteiger charge is 2.33. The van der Waals surface area contributed by atoms with Gasteiger partial charge in [-0.15, -0.1) is 0 Å². The van der Waals surface area contributed by atoms with E-state index < -0.39 is 17.8 Å². The molecule has 0 unspecified atom stereocenters. The predicted octanol–water partition coefficient (Wildman–Crippen LogP) is 4.27. The van der Waals surface area contributed by atoms with Crippen LogP contribution in [0.5, 0.6) is 0 Å². The van der Waals surface area contributed by atoms with Crippen molar-refractivity contribution >= 4 is 0 Å². The molecule has 0 bridgehead atoms. The van der Waals surface area contributed by atoms with E-state index in [1.807, 2.05) is 0 Å². The van der Waals surface area contributed by atoms with Gasteiger partial charge < -0.3 is 0 Å². The topological polar surface area (TPSA) is 25.8 Å². The van der Waals surface area contributed by atoms with Crippen molar-refractivity contribution in [3.63, 3.8) is 0 Å². The molecule has 0 fully saturated rings. The summed E-state index contributed by atoms with van der Waals surface area (Å²) in [7, 11) is 0. The number of halogens is 5. The normalized spacial score (nSPS) is 12.5. The van der Waals surface area contributed by atoms with Crippen LogP contribution in [-0.2, 0) is 12.1 Å². The van der Waals surface area contributed by atoms with E-state index in [1.54, 1.807) is 0 Å². The number of alkyl halides is 5. The molecule has 1 aromatic carbocycles. The first kappa shape index (κ1) is 14.4. The average molecular weight is 288 g/mol. The summed E-state index contributed by atoms with van der Waals surface area (Å²) < 4.78 is 64.0. The highest BCUT2D eigenvalue weighted by molar-refractivity contribution is 5.60. The number of rotatable bonds is 2. The van der Waals surface area contributed by atoms with Gasteiger partial charge in [0, 0.05) is 18.1 Å². The molecule has 106 valence electrons. The van der Waals surface area contributed by atoms with E-state index in [0.29, 0.717) is 6.92 Å². The molecule has 2 nitrogen and oxygen atoms in total. The fraction of sp³-hybridized carbons (Fsp3) is 0.231. The molecule has 0 radical (unpaired) electrons. The molecule has 7 heteroatoms. The predicted molar refractivity (Wildman–Crippen MR) is 62.0 cm³/mol. The average Bonchev–Trinajstić information content (AvgIpc) is 2.37. The van der Waals surface area contributed by atoms with Crippen molar-refractivity contribution in [3.8, 4) is 11.3 Å². The molecule has 0 amide bonds. The summed E-state index contributed by atoms with van der Waals surface area (Å²) in [6, 6.07) is 5.81. The number of hydrogen-bond donors (Lipinski definition) is 0. The van der Waals surface area contributed by atoms with Gasteiger partial charge in [0.2, 0.25) is 0 Å². The maximum Gasteiger partial charge on any atom is 0.433 e. The standard InChI is InChI=1S/C13H9F5N2/c1-12(14,15)9-4-2-3-8(5-9)10-6-11(13(16,17)18)20-7-19-10/h2-7H,1H3. The van der Waals surface area contributed by atoms with Crippen LogP contribution in [-0.4, -0.2) is 9.97 Å². The van der Waals surface area contributed by atoms with Crippen molar-refractivity contribution in [2.45, 2.75) is 19.0 Å². The summed E-state index contributed by atoms with van der Waals surface area (Å²) in [5, 5.41) is 0. The van der Waals surface area contributed by atoms with Crippen LogP contribution in [0.1, 0.15) is 18.2 Å². The molecule has 20 heavy (non-hydrogen) atoms. The maximum absolute atomic E-state index is 13.2. The molecule has 0 saturated carbocycles. The second-order valence-electron chi connectivity index (χ2n) is 4.26. The summed E-state index contributed by atoms with van der Waals surface area (Å²) in [4.78, 5) is 6.81. The molecule has 0 N–H and O–H groups in total. The second-order valence-corrected chi connectivity index (χ2v) is 4.26. The largest absolute Gasteiger partial charge is 0.433 e. The van der Waals surface area contributed by atoms with Crippen LogP contribution in [0.4, 0.5) is 22.0 Å². The van der Waals surface area contributed by atoms with Gasteiger partial charge in [-0.3, -0.25) is 0 Å². The van der Waals surface area contributed by atoms with Crippen LogP contribution in [0.2, 0.25) is 0 Å². The molecular formula is C13H9F5N2. The van der Waals surface area contributed by atoms with Crippen molar-refractivity contribution in [1.82, 2.24) is 9.97 Å². The van der Waals surface area contributed by atoms with Crippen LogP contribution in [0.3, 0.4) is 0 Å².